The number of benzene rings is 1. The largest absolute Gasteiger partial charge is 0.480 e. The predicted molar refractivity (Wildman–Crippen MR) is 141 cm³/mol. The molecule has 214 valence electrons. The maximum Gasteiger partial charge on any atom is 0.411 e. The highest BCUT2D eigenvalue weighted by atomic mass is 16.6. The van der Waals surface area contributed by atoms with Crippen molar-refractivity contribution in [1.82, 2.24) is 9.80 Å². The van der Waals surface area contributed by atoms with Crippen LogP contribution in [0.5, 0.6) is 0 Å². The second-order valence-corrected chi connectivity index (χ2v) is 12.9. The number of carbonyl (C=O) groups is 4. The van der Waals surface area contributed by atoms with Gasteiger partial charge in [-0.1, -0.05) is 30.3 Å². The Morgan fingerprint density at radius 1 is 0.795 bits per heavy atom. The molecule has 1 N–H and O–H groups in total. The first-order chi connectivity index (χ1) is 18.1. The Morgan fingerprint density at radius 3 is 1.72 bits per heavy atom. The number of carbonyl (C=O) groups excluding carboxylic acids is 3. The van der Waals surface area contributed by atoms with Gasteiger partial charge in [0.25, 0.3) is 0 Å². The molecule has 2 saturated heterocycles. The standard InChI is InChI=1S/C18H23NO4.C11H17NO4/c1-18(2,3)23-17(21)19-10-13-9-14(13)15(19)16(20)22-11-12-7-5-4-6-8-12;1-11(2,3)16-10(15)12-5-6-4-7(6)8(12)9(13)14/h4-8,13-15H,9-11H2,1-3H3;6-8H,4-5H2,1-3H3,(H,13,14)/t13-,14-,15+;6-,7-,8+/m00/s1. The van der Waals surface area contributed by atoms with Crippen molar-refractivity contribution in [2.24, 2.45) is 23.7 Å². The van der Waals surface area contributed by atoms with Crippen molar-refractivity contribution in [1.29, 1.82) is 0 Å². The smallest absolute Gasteiger partial charge is 0.411 e. The highest BCUT2D eigenvalue weighted by Crippen LogP contribution is 2.51. The molecule has 1 aromatic rings. The Hall–Kier alpha value is -3.30. The number of nitrogens with zero attached hydrogens (tertiary/aromatic N) is 2. The predicted octanol–water partition coefficient (Wildman–Crippen LogP) is 4.31. The second-order valence-electron chi connectivity index (χ2n) is 12.9. The molecule has 2 amide bonds. The summed E-state index contributed by atoms with van der Waals surface area (Å²) in [6, 6.07) is 8.37. The SMILES string of the molecule is CC(C)(C)OC(=O)N1C[C@@H]2C[C@@H]2[C@@H]1C(=O)O.CC(C)(C)OC(=O)N1C[C@@H]2C[C@@H]2[C@@H]1C(=O)OCc1ccccc1. The first kappa shape index (κ1) is 28.7. The number of fused-ring (bicyclic) bond motifs is 2. The lowest BCUT2D eigenvalue weighted by Crippen LogP contribution is -2.46. The zero-order valence-corrected chi connectivity index (χ0v) is 23.6. The molecule has 2 aliphatic heterocycles. The van der Waals surface area contributed by atoms with E-state index in [0.717, 1.165) is 18.4 Å². The van der Waals surface area contributed by atoms with Crippen LogP contribution >= 0.6 is 0 Å². The molecule has 10 nitrogen and oxygen atoms in total. The Balaban J connectivity index is 0.000000193. The number of carboxylic acid groups (broad SMARTS) is 1. The van der Waals surface area contributed by atoms with E-state index < -0.39 is 41.4 Å². The molecule has 0 aromatic heterocycles. The van der Waals surface area contributed by atoms with Crippen LogP contribution in [-0.4, -0.2) is 75.4 Å². The number of carboxylic acids is 1. The second kappa shape index (κ2) is 10.7. The summed E-state index contributed by atoms with van der Waals surface area (Å²) in [5.41, 5.74) is -0.204. The van der Waals surface area contributed by atoms with Crippen LogP contribution in [0.1, 0.15) is 59.9 Å². The van der Waals surface area contributed by atoms with E-state index in [1.54, 1.807) is 20.8 Å². The van der Waals surface area contributed by atoms with Crippen molar-refractivity contribution in [3.63, 3.8) is 0 Å². The summed E-state index contributed by atoms with van der Waals surface area (Å²) in [7, 11) is 0. The van der Waals surface area contributed by atoms with Crippen LogP contribution in [0.3, 0.4) is 0 Å². The fourth-order valence-electron chi connectivity index (χ4n) is 5.38. The van der Waals surface area contributed by atoms with E-state index in [1.807, 2.05) is 51.1 Å². The lowest BCUT2D eigenvalue weighted by Gasteiger charge is -2.29. The number of amides is 2. The highest BCUT2D eigenvalue weighted by molar-refractivity contribution is 5.84. The fraction of sp³-hybridized carbons (Fsp3) is 0.655. The zero-order valence-electron chi connectivity index (χ0n) is 23.6. The van der Waals surface area contributed by atoms with Crippen LogP contribution in [0.25, 0.3) is 0 Å². The first-order valence-electron chi connectivity index (χ1n) is 13.6. The molecule has 39 heavy (non-hydrogen) atoms. The summed E-state index contributed by atoms with van der Waals surface area (Å²) in [5.74, 6) is -0.0956. The van der Waals surface area contributed by atoms with Gasteiger partial charge in [0.15, 0.2) is 0 Å². The maximum absolute atomic E-state index is 12.5. The van der Waals surface area contributed by atoms with Crippen LogP contribution < -0.4 is 0 Å². The molecule has 0 spiro atoms. The summed E-state index contributed by atoms with van der Waals surface area (Å²) in [6.07, 6.45) is 0.985. The van der Waals surface area contributed by atoms with Crippen LogP contribution in [0.15, 0.2) is 30.3 Å². The van der Waals surface area contributed by atoms with E-state index in [4.69, 9.17) is 19.3 Å². The third kappa shape index (κ3) is 7.22. The van der Waals surface area contributed by atoms with Gasteiger partial charge in [-0.15, -0.1) is 0 Å². The lowest BCUT2D eigenvalue weighted by atomic mass is 10.2. The number of rotatable bonds is 4. The van der Waals surface area contributed by atoms with Crippen molar-refractivity contribution < 1.29 is 38.5 Å². The van der Waals surface area contributed by atoms with Crippen LogP contribution in [-0.2, 0) is 30.4 Å². The highest BCUT2D eigenvalue weighted by Gasteiger charge is 2.59. The maximum atomic E-state index is 12.5. The number of esters is 1. The molecular formula is C29H40N2O8. The molecule has 0 bridgehead atoms. The first-order valence-corrected chi connectivity index (χ1v) is 13.6. The van der Waals surface area contributed by atoms with Gasteiger partial charge in [-0.2, -0.15) is 0 Å². The summed E-state index contributed by atoms with van der Waals surface area (Å²) in [6.45, 7) is 12.1. The van der Waals surface area contributed by atoms with Crippen LogP contribution in [0.4, 0.5) is 9.59 Å². The van der Waals surface area contributed by atoms with Crippen LogP contribution in [0, 0.1) is 23.7 Å². The number of likely N-dealkylation sites (tertiary alicyclic amines) is 2. The minimum absolute atomic E-state index is 0.144. The van der Waals surface area contributed by atoms with Gasteiger partial charge in [0.2, 0.25) is 0 Å². The number of ether oxygens (including phenoxy) is 3. The van der Waals surface area contributed by atoms with Gasteiger partial charge in [0.1, 0.15) is 29.9 Å². The third-order valence-corrected chi connectivity index (χ3v) is 7.27. The summed E-state index contributed by atoms with van der Waals surface area (Å²) >= 11 is 0. The van der Waals surface area contributed by atoms with Crippen molar-refractivity contribution in [2.75, 3.05) is 13.1 Å². The van der Waals surface area contributed by atoms with E-state index in [2.05, 4.69) is 0 Å². The zero-order chi connectivity index (χ0) is 28.7. The van der Waals surface area contributed by atoms with E-state index in [-0.39, 0.29) is 24.4 Å². The fourth-order valence-corrected chi connectivity index (χ4v) is 5.38. The lowest BCUT2D eigenvalue weighted by molar-refractivity contribution is -0.151. The molecule has 0 radical (unpaired) electrons. The average molecular weight is 545 g/mol. The Labute approximate surface area is 229 Å². The summed E-state index contributed by atoms with van der Waals surface area (Å²) < 4.78 is 16.0. The van der Waals surface area contributed by atoms with Gasteiger partial charge >= 0.3 is 24.1 Å². The van der Waals surface area contributed by atoms with Crippen molar-refractivity contribution in [2.45, 2.75) is 84.3 Å². The van der Waals surface area contributed by atoms with Crippen molar-refractivity contribution >= 4 is 24.1 Å². The summed E-state index contributed by atoms with van der Waals surface area (Å²) in [5, 5.41) is 9.08. The van der Waals surface area contributed by atoms with E-state index in [0.29, 0.717) is 24.9 Å². The van der Waals surface area contributed by atoms with Gasteiger partial charge in [-0.05, 0) is 83.6 Å². The average Bonchev–Trinajstić information content (AvgIpc) is 3.70. The quantitative estimate of drug-likeness (QED) is 0.439. The molecule has 4 aliphatic rings. The molecule has 1 aromatic carbocycles. The van der Waals surface area contributed by atoms with E-state index in [9.17, 15) is 19.2 Å². The van der Waals surface area contributed by atoms with E-state index >= 15 is 0 Å². The van der Waals surface area contributed by atoms with Gasteiger partial charge in [-0.25, -0.2) is 19.2 Å². The minimum atomic E-state index is -0.921. The summed E-state index contributed by atoms with van der Waals surface area (Å²) in [4.78, 5) is 50.5. The van der Waals surface area contributed by atoms with Gasteiger partial charge in [0.05, 0.1) is 0 Å². The number of aliphatic carboxylic acids is 1. The van der Waals surface area contributed by atoms with Gasteiger partial charge < -0.3 is 19.3 Å². The molecule has 2 saturated carbocycles. The van der Waals surface area contributed by atoms with Gasteiger partial charge in [0, 0.05) is 13.1 Å². The molecule has 0 unspecified atom stereocenters. The number of piperidine rings is 2. The molecule has 5 rings (SSSR count). The van der Waals surface area contributed by atoms with Crippen molar-refractivity contribution in [3.05, 3.63) is 35.9 Å². The molecular weight excluding hydrogens is 504 g/mol. The van der Waals surface area contributed by atoms with Gasteiger partial charge in [-0.3, -0.25) is 9.80 Å². The van der Waals surface area contributed by atoms with Crippen LogP contribution in [0.2, 0.25) is 0 Å². The van der Waals surface area contributed by atoms with Crippen molar-refractivity contribution in [3.8, 4) is 0 Å². The monoisotopic (exact) mass is 544 g/mol. The minimum Gasteiger partial charge on any atom is -0.480 e. The van der Waals surface area contributed by atoms with E-state index in [1.165, 1.54) is 9.80 Å². The molecule has 4 fully saturated rings. The number of hydrogen-bond acceptors (Lipinski definition) is 7. The third-order valence-electron chi connectivity index (χ3n) is 7.27. The Bertz CT molecular complexity index is 1090. The normalized spacial score (nSPS) is 28.4. The molecule has 6 atom stereocenters. The molecule has 2 heterocycles. The molecule has 10 heteroatoms. The Kier molecular flexibility index (Phi) is 7.87. The number of hydrogen-bond donors (Lipinski definition) is 1. The topological polar surface area (TPSA) is 123 Å². The molecule has 2 aliphatic carbocycles. The Morgan fingerprint density at radius 2 is 1.26 bits per heavy atom.